The molecule has 0 unspecified atom stereocenters. The van der Waals surface area contributed by atoms with Gasteiger partial charge in [-0.1, -0.05) is 29.8 Å². The summed E-state index contributed by atoms with van der Waals surface area (Å²) in [7, 11) is 0. The van der Waals surface area contributed by atoms with Crippen molar-refractivity contribution in [1.82, 2.24) is 9.38 Å². The summed E-state index contributed by atoms with van der Waals surface area (Å²) < 4.78 is 2.60. The molecule has 6 heteroatoms. The molecule has 0 radical (unpaired) electrons. The zero-order valence-electron chi connectivity index (χ0n) is 13.4. The molecule has 0 aliphatic carbocycles. The van der Waals surface area contributed by atoms with Gasteiger partial charge in [0.2, 0.25) is 0 Å². The van der Waals surface area contributed by atoms with Gasteiger partial charge in [-0.05, 0) is 42.8 Å². The lowest BCUT2D eigenvalue weighted by atomic mass is 10.1. The Hall–Kier alpha value is -2.63. The fraction of sp³-hybridized carbons (Fsp3) is 0.0526. The third-order valence-electron chi connectivity index (χ3n) is 3.81. The van der Waals surface area contributed by atoms with Crippen molar-refractivity contribution in [3.05, 3.63) is 75.7 Å². The molecule has 0 saturated carbocycles. The van der Waals surface area contributed by atoms with Crippen molar-refractivity contribution >= 4 is 40.2 Å². The molecule has 0 bridgehead atoms. The number of anilines is 1. The second-order valence-electron chi connectivity index (χ2n) is 5.74. The van der Waals surface area contributed by atoms with E-state index < -0.39 is 0 Å². The van der Waals surface area contributed by atoms with Gasteiger partial charge in [0, 0.05) is 23.6 Å². The minimum absolute atomic E-state index is 0.167. The molecule has 1 amide bonds. The zero-order chi connectivity index (χ0) is 17.4. The molecule has 0 aliphatic rings. The van der Waals surface area contributed by atoms with Gasteiger partial charge < -0.3 is 9.72 Å². The largest absolute Gasteiger partial charge is 0.321 e. The first-order valence-corrected chi connectivity index (χ1v) is 8.90. The number of rotatable bonds is 3. The van der Waals surface area contributed by atoms with Gasteiger partial charge in [0.1, 0.15) is 5.65 Å². The smallest absolute Gasteiger partial charge is 0.265 e. The average molecular weight is 368 g/mol. The SMILES string of the molecule is Cc1ccc2nc(-c3cccc(NC(=O)c4ccc(Cl)s4)c3)cn2c1. The summed E-state index contributed by atoms with van der Waals surface area (Å²) in [5.74, 6) is -0.167. The number of carbonyl (C=O) groups excluding carboxylic acids is 1. The molecule has 25 heavy (non-hydrogen) atoms. The van der Waals surface area contributed by atoms with Gasteiger partial charge in [0.05, 0.1) is 14.9 Å². The minimum Gasteiger partial charge on any atom is -0.321 e. The van der Waals surface area contributed by atoms with Crippen LogP contribution in [0.25, 0.3) is 16.9 Å². The molecule has 0 spiro atoms. The second-order valence-corrected chi connectivity index (χ2v) is 7.45. The van der Waals surface area contributed by atoms with E-state index in [2.05, 4.69) is 10.3 Å². The quantitative estimate of drug-likeness (QED) is 0.535. The predicted molar refractivity (Wildman–Crippen MR) is 103 cm³/mol. The summed E-state index contributed by atoms with van der Waals surface area (Å²) in [4.78, 5) is 17.5. The molecule has 0 aliphatic heterocycles. The molecular weight excluding hydrogens is 354 g/mol. The number of aryl methyl sites for hydroxylation is 1. The van der Waals surface area contributed by atoms with Crippen LogP contribution in [0.15, 0.2) is 60.9 Å². The van der Waals surface area contributed by atoms with E-state index in [1.165, 1.54) is 16.9 Å². The molecular formula is C19H14ClN3OS. The number of hydrogen-bond acceptors (Lipinski definition) is 3. The number of pyridine rings is 1. The van der Waals surface area contributed by atoms with E-state index in [0.29, 0.717) is 9.21 Å². The van der Waals surface area contributed by atoms with Crippen molar-refractivity contribution in [2.75, 3.05) is 5.32 Å². The average Bonchev–Trinajstić information content (AvgIpc) is 3.21. The van der Waals surface area contributed by atoms with Crippen LogP contribution in [0.5, 0.6) is 0 Å². The van der Waals surface area contributed by atoms with Gasteiger partial charge in [-0.15, -0.1) is 11.3 Å². The lowest BCUT2D eigenvalue weighted by Gasteiger charge is -2.05. The zero-order valence-corrected chi connectivity index (χ0v) is 14.9. The predicted octanol–water partition coefficient (Wildman–Crippen LogP) is 5.28. The van der Waals surface area contributed by atoms with Crippen LogP contribution >= 0.6 is 22.9 Å². The van der Waals surface area contributed by atoms with Crippen LogP contribution in [0.3, 0.4) is 0 Å². The van der Waals surface area contributed by atoms with E-state index in [-0.39, 0.29) is 5.91 Å². The number of nitrogens with zero attached hydrogens (tertiary/aromatic N) is 2. The number of benzene rings is 1. The second kappa shape index (κ2) is 6.35. The third kappa shape index (κ3) is 3.29. The number of fused-ring (bicyclic) bond motifs is 1. The number of aromatic nitrogens is 2. The van der Waals surface area contributed by atoms with Crippen LogP contribution in [0.1, 0.15) is 15.2 Å². The molecule has 4 rings (SSSR count). The van der Waals surface area contributed by atoms with Crippen LogP contribution in [0, 0.1) is 6.92 Å². The van der Waals surface area contributed by atoms with Crippen LogP contribution in [-0.2, 0) is 0 Å². The maximum absolute atomic E-state index is 12.3. The molecule has 0 saturated heterocycles. The van der Waals surface area contributed by atoms with Gasteiger partial charge in [0.25, 0.3) is 5.91 Å². The highest BCUT2D eigenvalue weighted by Gasteiger charge is 2.10. The fourth-order valence-corrected chi connectivity index (χ4v) is 3.57. The van der Waals surface area contributed by atoms with Crippen molar-refractivity contribution < 1.29 is 4.79 Å². The van der Waals surface area contributed by atoms with Gasteiger partial charge in [-0.3, -0.25) is 4.79 Å². The first kappa shape index (κ1) is 15.9. The normalized spacial score (nSPS) is 11.0. The number of imidazole rings is 1. The molecule has 124 valence electrons. The lowest BCUT2D eigenvalue weighted by Crippen LogP contribution is -2.09. The van der Waals surface area contributed by atoms with Gasteiger partial charge >= 0.3 is 0 Å². The summed E-state index contributed by atoms with van der Waals surface area (Å²) in [6, 6.07) is 15.1. The number of hydrogen-bond donors (Lipinski definition) is 1. The van der Waals surface area contributed by atoms with E-state index in [0.717, 1.165) is 22.6 Å². The number of halogens is 1. The Bertz CT molecular complexity index is 1080. The Balaban J connectivity index is 1.63. The van der Waals surface area contributed by atoms with E-state index in [1.54, 1.807) is 12.1 Å². The Morgan fingerprint density at radius 3 is 2.84 bits per heavy atom. The summed E-state index contributed by atoms with van der Waals surface area (Å²) in [6.07, 6.45) is 4.03. The maximum Gasteiger partial charge on any atom is 0.265 e. The Labute approximate surface area is 153 Å². The summed E-state index contributed by atoms with van der Waals surface area (Å²) >= 11 is 7.15. The van der Waals surface area contributed by atoms with E-state index in [9.17, 15) is 4.79 Å². The summed E-state index contributed by atoms with van der Waals surface area (Å²) in [5, 5.41) is 2.90. The Morgan fingerprint density at radius 1 is 1.16 bits per heavy atom. The van der Waals surface area contributed by atoms with Gasteiger partial charge in [-0.2, -0.15) is 0 Å². The van der Waals surface area contributed by atoms with Crippen molar-refractivity contribution in [2.24, 2.45) is 0 Å². The number of nitrogens with one attached hydrogen (secondary N) is 1. The van der Waals surface area contributed by atoms with Crippen LogP contribution in [0.4, 0.5) is 5.69 Å². The van der Waals surface area contributed by atoms with Gasteiger partial charge in [0.15, 0.2) is 0 Å². The number of thiophene rings is 1. The topological polar surface area (TPSA) is 46.4 Å². The molecule has 4 aromatic rings. The first-order chi connectivity index (χ1) is 12.1. The van der Waals surface area contributed by atoms with Gasteiger partial charge in [-0.25, -0.2) is 4.98 Å². The highest BCUT2D eigenvalue weighted by atomic mass is 35.5. The number of carbonyl (C=O) groups is 1. The van der Waals surface area contributed by atoms with Crippen molar-refractivity contribution in [3.63, 3.8) is 0 Å². The monoisotopic (exact) mass is 367 g/mol. The Morgan fingerprint density at radius 2 is 2.04 bits per heavy atom. The lowest BCUT2D eigenvalue weighted by molar-refractivity contribution is 0.103. The molecule has 1 aromatic carbocycles. The van der Waals surface area contributed by atoms with Crippen molar-refractivity contribution in [2.45, 2.75) is 6.92 Å². The van der Waals surface area contributed by atoms with E-state index in [1.807, 2.05) is 60.1 Å². The number of amides is 1. The summed E-state index contributed by atoms with van der Waals surface area (Å²) in [6.45, 7) is 2.05. The maximum atomic E-state index is 12.3. The van der Waals surface area contributed by atoms with Crippen LogP contribution < -0.4 is 5.32 Å². The molecule has 3 aromatic heterocycles. The van der Waals surface area contributed by atoms with Crippen molar-refractivity contribution in [3.8, 4) is 11.3 Å². The van der Waals surface area contributed by atoms with Crippen molar-refractivity contribution in [1.29, 1.82) is 0 Å². The highest BCUT2D eigenvalue weighted by molar-refractivity contribution is 7.18. The molecule has 0 fully saturated rings. The molecule has 1 N–H and O–H groups in total. The first-order valence-electron chi connectivity index (χ1n) is 7.71. The molecule has 3 heterocycles. The van der Waals surface area contributed by atoms with E-state index >= 15 is 0 Å². The van der Waals surface area contributed by atoms with Crippen LogP contribution in [0.2, 0.25) is 4.34 Å². The van der Waals surface area contributed by atoms with E-state index in [4.69, 9.17) is 11.6 Å². The third-order valence-corrected chi connectivity index (χ3v) is 5.04. The molecule has 4 nitrogen and oxygen atoms in total. The minimum atomic E-state index is -0.167. The molecule has 0 atom stereocenters. The van der Waals surface area contributed by atoms with Crippen LogP contribution in [-0.4, -0.2) is 15.3 Å². The highest BCUT2D eigenvalue weighted by Crippen LogP contribution is 2.25. The fourth-order valence-electron chi connectivity index (χ4n) is 2.63. The standard InChI is InChI=1S/C19H14ClN3OS/c1-12-5-8-18-22-15(11-23(18)10-12)13-3-2-4-14(9-13)21-19(24)16-6-7-17(20)25-16/h2-11H,1H3,(H,21,24). The summed E-state index contributed by atoms with van der Waals surface area (Å²) in [5.41, 5.74) is 4.60. The Kier molecular flexibility index (Phi) is 4.03.